The van der Waals surface area contributed by atoms with Gasteiger partial charge in [0.2, 0.25) is 0 Å². The quantitative estimate of drug-likeness (QED) is 0.549. The van der Waals surface area contributed by atoms with Gasteiger partial charge in [0, 0.05) is 22.4 Å². The Morgan fingerprint density at radius 3 is 2.82 bits per heavy atom. The third-order valence-corrected chi connectivity index (χ3v) is 3.45. The highest BCUT2D eigenvalue weighted by Gasteiger charge is 2.07. The minimum absolute atomic E-state index is 0.367. The molecule has 22 heavy (non-hydrogen) atoms. The fraction of sp³-hybridized carbons (Fsp3) is 0.0556. The lowest BCUT2D eigenvalue weighted by Gasteiger charge is -1.98. The van der Waals surface area contributed by atoms with Crippen LogP contribution in [0, 0.1) is 0 Å². The van der Waals surface area contributed by atoms with Crippen LogP contribution in [0.15, 0.2) is 51.9 Å². The van der Waals surface area contributed by atoms with Crippen molar-refractivity contribution >= 4 is 35.7 Å². The average Bonchev–Trinajstić information content (AvgIpc) is 2.99. The normalized spacial score (nSPS) is 13.2. The predicted molar refractivity (Wildman–Crippen MR) is 87.3 cm³/mol. The molecule has 0 saturated heterocycles. The summed E-state index contributed by atoms with van der Waals surface area (Å²) in [5, 5.41) is 2.48. The number of pyridine rings is 1. The van der Waals surface area contributed by atoms with Gasteiger partial charge in [-0.25, -0.2) is 4.98 Å². The van der Waals surface area contributed by atoms with Crippen molar-refractivity contribution in [1.29, 1.82) is 0 Å². The fourth-order valence-electron chi connectivity index (χ4n) is 2.34. The van der Waals surface area contributed by atoms with Gasteiger partial charge >= 0.3 is 0 Å². The fourth-order valence-corrected chi connectivity index (χ4v) is 2.34. The lowest BCUT2D eigenvalue weighted by molar-refractivity contribution is 0.111. The second kappa shape index (κ2) is 5.77. The summed E-state index contributed by atoms with van der Waals surface area (Å²) in [6.07, 6.45) is 2.34. The number of aldehydes is 1. The van der Waals surface area contributed by atoms with E-state index < -0.39 is 0 Å². The van der Waals surface area contributed by atoms with E-state index in [0.29, 0.717) is 11.0 Å². The highest BCUT2D eigenvalue weighted by molar-refractivity contribution is 5.81. The number of furan rings is 1. The molecule has 3 aromatic rings. The molecule has 4 nitrogen and oxygen atoms in total. The molecule has 2 aromatic heterocycles. The maximum Gasteiger partial charge on any atom is 0.168 e. The second-order valence-corrected chi connectivity index (χ2v) is 4.88. The number of hydrogen-bond acceptors (Lipinski definition) is 4. The highest BCUT2D eigenvalue weighted by atomic mass is 16.3. The maximum atomic E-state index is 11.0. The van der Waals surface area contributed by atoms with E-state index in [1.165, 1.54) is 0 Å². The van der Waals surface area contributed by atoms with E-state index in [4.69, 9.17) is 4.42 Å². The molecule has 0 spiro atoms. The molecule has 0 aliphatic heterocycles. The first-order valence-corrected chi connectivity index (χ1v) is 6.81. The van der Waals surface area contributed by atoms with Crippen molar-refractivity contribution in [3.63, 3.8) is 0 Å². The number of para-hydroxylation sites is 1. The van der Waals surface area contributed by atoms with Crippen LogP contribution in [-0.4, -0.2) is 18.0 Å². The molecule has 3 rings (SSSR count). The van der Waals surface area contributed by atoms with Gasteiger partial charge in [-0.05, 0) is 37.9 Å². The molecule has 108 valence electrons. The lowest BCUT2D eigenvalue weighted by Crippen LogP contribution is -2.31. The van der Waals surface area contributed by atoms with Gasteiger partial charge in [0.25, 0.3) is 0 Å². The number of aromatic nitrogens is 1. The molecule has 0 aliphatic carbocycles. The van der Waals surface area contributed by atoms with E-state index >= 15 is 0 Å². The van der Waals surface area contributed by atoms with Crippen LogP contribution in [0.3, 0.4) is 0 Å². The molecule has 0 amide bonds. The zero-order chi connectivity index (χ0) is 15.5. The van der Waals surface area contributed by atoms with E-state index in [-0.39, 0.29) is 0 Å². The first-order chi connectivity index (χ1) is 10.7. The Bertz CT molecular complexity index is 951. The number of rotatable bonds is 3. The predicted octanol–water partition coefficient (Wildman–Crippen LogP) is 2.30. The summed E-state index contributed by atoms with van der Waals surface area (Å²) in [4.78, 5) is 19.2. The van der Waals surface area contributed by atoms with Crippen molar-refractivity contribution in [2.45, 2.75) is 6.92 Å². The second-order valence-electron chi connectivity index (χ2n) is 4.88. The number of fused-ring (bicyclic) bond motifs is 1. The molecule has 0 radical (unpaired) electrons. The Morgan fingerprint density at radius 1 is 1.27 bits per heavy atom. The first kappa shape index (κ1) is 13.9. The van der Waals surface area contributed by atoms with Crippen LogP contribution in [0.4, 0.5) is 0 Å². The van der Waals surface area contributed by atoms with Gasteiger partial charge in [-0.2, -0.15) is 0 Å². The Balaban J connectivity index is 2.34. The zero-order valence-electron chi connectivity index (χ0n) is 12.1. The summed E-state index contributed by atoms with van der Waals surface area (Å²) in [5.41, 5.74) is 2.03. The van der Waals surface area contributed by atoms with E-state index in [9.17, 15) is 4.79 Å². The van der Waals surface area contributed by atoms with Crippen LogP contribution in [0.2, 0.25) is 0 Å². The first-order valence-electron chi connectivity index (χ1n) is 6.81. The minimum Gasteiger partial charge on any atom is -0.456 e. The topological polar surface area (TPSA) is 55.5 Å². The highest BCUT2D eigenvalue weighted by Crippen LogP contribution is 2.22. The molecule has 0 aliphatic rings. The SMILES string of the molecule is C=N/C=c1/ccc(C=O)n/c1=C(/C)c1cc2ccccc2o1. The molecule has 0 fully saturated rings. The van der Waals surface area contributed by atoms with Crippen LogP contribution in [0.1, 0.15) is 23.2 Å². The van der Waals surface area contributed by atoms with Crippen LogP contribution >= 0.6 is 0 Å². The molecule has 4 heteroatoms. The smallest absolute Gasteiger partial charge is 0.168 e. The van der Waals surface area contributed by atoms with Crippen molar-refractivity contribution in [3.05, 3.63) is 64.5 Å². The summed E-state index contributed by atoms with van der Waals surface area (Å²) in [6, 6.07) is 13.2. The number of carbonyl (C=O) groups excluding carboxylic acids is 1. The van der Waals surface area contributed by atoms with Crippen molar-refractivity contribution < 1.29 is 9.21 Å². The van der Waals surface area contributed by atoms with Gasteiger partial charge < -0.3 is 4.42 Å². The molecule has 0 bridgehead atoms. The molecular weight excluding hydrogens is 276 g/mol. The van der Waals surface area contributed by atoms with Crippen molar-refractivity contribution in [2.24, 2.45) is 4.99 Å². The summed E-state index contributed by atoms with van der Waals surface area (Å²) in [7, 11) is 0. The van der Waals surface area contributed by atoms with Gasteiger partial charge in [0.15, 0.2) is 6.29 Å². The monoisotopic (exact) mass is 290 g/mol. The van der Waals surface area contributed by atoms with Crippen molar-refractivity contribution in [2.75, 3.05) is 0 Å². The molecule has 2 heterocycles. The Kier molecular flexibility index (Phi) is 3.66. The van der Waals surface area contributed by atoms with Crippen LogP contribution in [0.5, 0.6) is 0 Å². The Morgan fingerprint density at radius 2 is 2.09 bits per heavy atom. The van der Waals surface area contributed by atoms with Crippen molar-refractivity contribution in [1.82, 2.24) is 4.98 Å². The van der Waals surface area contributed by atoms with Gasteiger partial charge in [0.1, 0.15) is 17.0 Å². The third kappa shape index (κ3) is 2.46. The molecule has 0 N–H and O–H groups in total. The van der Waals surface area contributed by atoms with Gasteiger partial charge in [0.05, 0.1) is 5.35 Å². The minimum atomic E-state index is 0.367. The van der Waals surface area contributed by atoms with Gasteiger partial charge in [-0.15, -0.1) is 0 Å². The lowest BCUT2D eigenvalue weighted by atomic mass is 10.1. The van der Waals surface area contributed by atoms with E-state index in [1.807, 2.05) is 37.3 Å². The number of aliphatic imine (C=N–C) groups is 1. The number of carbonyl (C=O) groups is 1. The van der Waals surface area contributed by atoms with Crippen LogP contribution < -0.4 is 10.6 Å². The maximum absolute atomic E-state index is 11.0. The van der Waals surface area contributed by atoms with Gasteiger partial charge in [-0.1, -0.05) is 18.2 Å². The van der Waals surface area contributed by atoms with E-state index in [0.717, 1.165) is 33.8 Å². The summed E-state index contributed by atoms with van der Waals surface area (Å²) in [6.45, 7) is 5.38. The molecule has 0 unspecified atom stereocenters. The number of nitrogens with zero attached hydrogens (tertiary/aromatic N) is 2. The molecule has 0 saturated carbocycles. The zero-order valence-corrected chi connectivity index (χ0v) is 12.1. The van der Waals surface area contributed by atoms with E-state index in [2.05, 4.69) is 16.7 Å². The molecule has 1 aromatic carbocycles. The Labute approximate surface area is 127 Å². The summed E-state index contributed by atoms with van der Waals surface area (Å²) < 4.78 is 5.87. The summed E-state index contributed by atoms with van der Waals surface area (Å²) in [5.74, 6) is 0.718. The Hall–Kier alpha value is -3.01. The van der Waals surface area contributed by atoms with Crippen LogP contribution in [-0.2, 0) is 0 Å². The van der Waals surface area contributed by atoms with E-state index in [1.54, 1.807) is 18.3 Å². The molecular formula is C18H14N2O2. The third-order valence-electron chi connectivity index (χ3n) is 3.45. The van der Waals surface area contributed by atoms with Gasteiger partial charge in [-0.3, -0.25) is 9.79 Å². The number of hydrogen-bond donors (Lipinski definition) is 0. The standard InChI is InChI=1S/C18H14N2O2/c1-12(17-9-13-5-3-4-6-16(13)22-17)18-14(10-19-2)7-8-15(11-21)20-18/h3-11H,2H2,1H3/b14-10-,18-12-. The number of benzene rings is 1. The largest absolute Gasteiger partial charge is 0.456 e. The average molecular weight is 290 g/mol. The molecule has 0 atom stereocenters. The van der Waals surface area contributed by atoms with Crippen LogP contribution in [0.25, 0.3) is 22.7 Å². The van der Waals surface area contributed by atoms with Crippen molar-refractivity contribution in [3.8, 4) is 0 Å². The summed E-state index contributed by atoms with van der Waals surface area (Å²) >= 11 is 0.